The molecule has 3 heteroatoms. The molecule has 2 rings (SSSR count). The van der Waals surface area contributed by atoms with Gasteiger partial charge in [-0.1, -0.05) is 32.6 Å². The Morgan fingerprint density at radius 3 is 2.61 bits per heavy atom. The summed E-state index contributed by atoms with van der Waals surface area (Å²) in [4.78, 5) is 0. The molecule has 102 valence electrons. The van der Waals surface area contributed by atoms with Crippen LogP contribution in [-0.2, 0) is 6.54 Å². The molecule has 1 N–H and O–H groups in total. The van der Waals surface area contributed by atoms with Crippen molar-refractivity contribution >= 4 is 0 Å². The number of hydrogen-bond acceptors (Lipinski definition) is 2. The van der Waals surface area contributed by atoms with Gasteiger partial charge in [-0.05, 0) is 31.2 Å². The van der Waals surface area contributed by atoms with Crippen molar-refractivity contribution < 1.29 is 0 Å². The molecule has 1 heterocycles. The number of rotatable bonds is 5. The van der Waals surface area contributed by atoms with Crippen molar-refractivity contribution in [3.63, 3.8) is 0 Å². The molecule has 18 heavy (non-hydrogen) atoms. The minimum absolute atomic E-state index is 0.491. The van der Waals surface area contributed by atoms with Crippen molar-refractivity contribution in [2.45, 2.75) is 65.0 Å². The summed E-state index contributed by atoms with van der Waals surface area (Å²) >= 11 is 0. The second kappa shape index (κ2) is 6.37. The van der Waals surface area contributed by atoms with Crippen molar-refractivity contribution in [3.8, 4) is 0 Å². The van der Waals surface area contributed by atoms with E-state index in [0.717, 1.165) is 13.1 Å². The van der Waals surface area contributed by atoms with Gasteiger partial charge in [0.05, 0.1) is 6.54 Å². The van der Waals surface area contributed by atoms with E-state index in [2.05, 4.69) is 24.3 Å². The Morgan fingerprint density at radius 1 is 1.28 bits per heavy atom. The molecule has 1 aromatic heterocycles. The lowest BCUT2D eigenvalue weighted by Crippen LogP contribution is -2.39. The summed E-state index contributed by atoms with van der Waals surface area (Å²) < 4.78 is 2.01. The number of hydrogen-bond donors (Lipinski definition) is 1. The second-order valence-electron chi connectivity index (χ2n) is 6.23. The SMILES string of the molecule is CC(Cn1cccn1)NCC1(C)CCCCCC1. The minimum Gasteiger partial charge on any atom is -0.312 e. The highest BCUT2D eigenvalue weighted by Crippen LogP contribution is 2.33. The van der Waals surface area contributed by atoms with Gasteiger partial charge in [-0.15, -0.1) is 0 Å². The van der Waals surface area contributed by atoms with E-state index in [4.69, 9.17) is 0 Å². The van der Waals surface area contributed by atoms with Crippen LogP contribution in [0.4, 0.5) is 0 Å². The molecule has 1 unspecified atom stereocenters. The molecule has 1 fully saturated rings. The average Bonchev–Trinajstić information content (AvgIpc) is 2.75. The van der Waals surface area contributed by atoms with E-state index >= 15 is 0 Å². The maximum absolute atomic E-state index is 4.26. The fourth-order valence-corrected chi connectivity index (χ4v) is 2.93. The Hall–Kier alpha value is -0.830. The summed E-state index contributed by atoms with van der Waals surface area (Å²) in [5.41, 5.74) is 0.509. The molecular weight excluding hydrogens is 222 g/mol. The van der Waals surface area contributed by atoms with Gasteiger partial charge in [0.2, 0.25) is 0 Å². The Labute approximate surface area is 111 Å². The van der Waals surface area contributed by atoms with Gasteiger partial charge in [0, 0.05) is 25.0 Å². The van der Waals surface area contributed by atoms with Gasteiger partial charge in [0.15, 0.2) is 0 Å². The van der Waals surface area contributed by atoms with Crippen molar-refractivity contribution in [1.82, 2.24) is 15.1 Å². The van der Waals surface area contributed by atoms with E-state index in [9.17, 15) is 0 Å². The lowest BCUT2D eigenvalue weighted by atomic mass is 9.82. The molecule has 1 aliphatic rings. The summed E-state index contributed by atoms with van der Waals surface area (Å²) in [5, 5.41) is 7.96. The summed E-state index contributed by atoms with van der Waals surface area (Å²) in [6, 6.07) is 2.48. The first kappa shape index (κ1) is 13.6. The Morgan fingerprint density at radius 2 is 2.00 bits per heavy atom. The lowest BCUT2D eigenvalue weighted by Gasteiger charge is -2.30. The predicted octanol–water partition coefficient (Wildman–Crippen LogP) is 3.22. The Balaban J connectivity index is 1.75. The molecule has 0 bridgehead atoms. The van der Waals surface area contributed by atoms with Crippen LogP contribution < -0.4 is 5.32 Å². The third-order valence-corrected chi connectivity index (χ3v) is 4.21. The third-order valence-electron chi connectivity index (χ3n) is 4.21. The Kier molecular flexibility index (Phi) is 4.81. The van der Waals surface area contributed by atoms with E-state index in [1.165, 1.54) is 38.5 Å². The van der Waals surface area contributed by atoms with Gasteiger partial charge in [0.1, 0.15) is 0 Å². The molecule has 1 aliphatic carbocycles. The van der Waals surface area contributed by atoms with E-state index in [0.29, 0.717) is 11.5 Å². The standard InChI is InChI=1S/C15H27N3/c1-14(12-18-11-7-10-17-18)16-13-15(2)8-5-3-4-6-9-15/h7,10-11,14,16H,3-6,8-9,12-13H2,1-2H3. The minimum atomic E-state index is 0.491. The number of aromatic nitrogens is 2. The summed E-state index contributed by atoms with van der Waals surface area (Å²) in [6.45, 7) is 6.81. The maximum Gasteiger partial charge on any atom is 0.0559 e. The summed E-state index contributed by atoms with van der Waals surface area (Å²) in [6.07, 6.45) is 12.3. The van der Waals surface area contributed by atoms with Gasteiger partial charge in [-0.3, -0.25) is 4.68 Å². The fourth-order valence-electron chi connectivity index (χ4n) is 2.93. The zero-order chi connectivity index (χ0) is 12.8. The first-order chi connectivity index (χ1) is 8.68. The van der Waals surface area contributed by atoms with E-state index in [1.807, 2.05) is 23.1 Å². The third kappa shape index (κ3) is 4.13. The van der Waals surface area contributed by atoms with Crippen LogP contribution in [0.2, 0.25) is 0 Å². The summed E-state index contributed by atoms with van der Waals surface area (Å²) in [5.74, 6) is 0. The Bertz CT molecular complexity index is 324. The fraction of sp³-hybridized carbons (Fsp3) is 0.800. The molecule has 0 amide bonds. The van der Waals surface area contributed by atoms with Gasteiger partial charge in [-0.2, -0.15) is 5.10 Å². The molecule has 3 nitrogen and oxygen atoms in total. The van der Waals surface area contributed by atoms with Crippen LogP contribution >= 0.6 is 0 Å². The average molecular weight is 249 g/mol. The van der Waals surface area contributed by atoms with Gasteiger partial charge < -0.3 is 5.32 Å². The molecule has 0 spiro atoms. The molecule has 0 saturated heterocycles. The monoisotopic (exact) mass is 249 g/mol. The lowest BCUT2D eigenvalue weighted by molar-refractivity contribution is 0.247. The van der Waals surface area contributed by atoms with E-state index in [1.54, 1.807) is 0 Å². The molecule has 1 aromatic rings. The first-order valence-corrected chi connectivity index (χ1v) is 7.39. The normalized spacial score (nSPS) is 21.4. The molecule has 1 atom stereocenters. The van der Waals surface area contributed by atoms with Crippen LogP contribution in [0.1, 0.15) is 52.4 Å². The molecule has 0 radical (unpaired) electrons. The molecular formula is C15H27N3. The van der Waals surface area contributed by atoms with Crippen molar-refractivity contribution in [3.05, 3.63) is 18.5 Å². The van der Waals surface area contributed by atoms with Crippen LogP contribution in [0.15, 0.2) is 18.5 Å². The van der Waals surface area contributed by atoms with Crippen molar-refractivity contribution in [2.24, 2.45) is 5.41 Å². The van der Waals surface area contributed by atoms with Crippen LogP contribution in [0.25, 0.3) is 0 Å². The van der Waals surface area contributed by atoms with Crippen molar-refractivity contribution in [1.29, 1.82) is 0 Å². The van der Waals surface area contributed by atoms with Crippen LogP contribution in [0.5, 0.6) is 0 Å². The topological polar surface area (TPSA) is 29.9 Å². The van der Waals surface area contributed by atoms with Crippen LogP contribution in [0, 0.1) is 5.41 Å². The predicted molar refractivity (Wildman–Crippen MR) is 75.5 cm³/mol. The largest absolute Gasteiger partial charge is 0.312 e. The summed E-state index contributed by atoms with van der Waals surface area (Å²) in [7, 11) is 0. The molecule has 0 aromatic carbocycles. The van der Waals surface area contributed by atoms with Gasteiger partial charge >= 0.3 is 0 Å². The highest BCUT2D eigenvalue weighted by molar-refractivity contribution is 4.82. The zero-order valence-electron chi connectivity index (χ0n) is 11.9. The van der Waals surface area contributed by atoms with Crippen LogP contribution in [0.3, 0.4) is 0 Å². The second-order valence-corrected chi connectivity index (χ2v) is 6.23. The first-order valence-electron chi connectivity index (χ1n) is 7.39. The highest BCUT2D eigenvalue weighted by atomic mass is 15.3. The highest BCUT2D eigenvalue weighted by Gasteiger charge is 2.25. The quantitative estimate of drug-likeness (QED) is 0.812. The molecule has 0 aliphatic heterocycles. The van der Waals surface area contributed by atoms with Gasteiger partial charge in [-0.25, -0.2) is 0 Å². The zero-order valence-corrected chi connectivity index (χ0v) is 11.9. The van der Waals surface area contributed by atoms with Crippen molar-refractivity contribution in [2.75, 3.05) is 6.54 Å². The van der Waals surface area contributed by atoms with E-state index < -0.39 is 0 Å². The number of nitrogens with zero attached hydrogens (tertiary/aromatic N) is 2. The maximum atomic E-state index is 4.26. The van der Waals surface area contributed by atoms with E-state index in [-0.39, 0.29) is 0 Å². The smallest absolute Gasteiger partial charge is 0.0559 e. The molecule has 1 saturated carbocycles. The van der Waals surface area contributed by atoms with Crippen LogP contribution in [-0.4, -0.2) is 22.4 Å². The number of nitrogens with one attached hydrogen (secondary N) is 1. The van der Waals surface area contributed by atoms with Gasteiger partial charge in [0.25, 0.3) is 0 Å².